The predicted molar refractivity (Wildman–Crippen MR) is 74.9 cm³/mol. The van der Waals surface area contributed by atoms with Crippen molar-refractivity contribution in [2.75, 3.05) is 25.1 Å². The highest BCUT2D eigenvalue weighted by Gasteiger charge is 2.50. The molecular formula is C15H21NO3. The fraction of sp³-hybridized carbons (Fsp3) is 0.533. The van der Waals surface area contributed by atoms with Crippen LogP contribution in [0.2, 0.25) is 0 Å². The zero-order valence-corrected chi connectivity index (χ0v) is 11.8. The van der Waals surface area contributed by atoms with Gasteiger partial charge >= 0.3 is 5.97 Å². The Hall–Kier alpha value is -1.71. The number of carbonyl (C=O) groups is 1. The normalized spacial score (nSPS) is 15.9. The molecule has 0 unspecified atom stereocenters. The molecule has 1 N–H and O–H groups in total. The summed E-state index contributed by atoms with van der Waals surface area (Å²) in [5.41, 5.74) is 1.58. The van der Waals surface area contributed by atoms with Crippen molar-refractivity contribution in [1.29, 1.82) is 0 Å². The van der Waals surface area contributed by atoms with E-state index in [0.717, 1.165) is 29.8 Å². The van der Waals surface area contributed by atoms with Gasteiger partial charge in [-0.3, -0.25) is 4.79 Å². The summed E-state index contributed by atoms with van der Waals surface area (Å²) in [6.07, 6.45) is 1.56. The Kier molecular flexibility index (Phi) is 3.69. The monoisotopic (exact) mass is 263 g/mol. The highest BCUT2D eigenvalue weighted by Crippen LogP contribution is 2.46. The second kappa shape index (κ2) is 5.11. The van der Waals surface area contributed by atoms with Gasteiger partial charge < -0.3 is 14.7 Å². The number of hydrogen-bond donors (Lipinski definition) is 1. The maximum Gasteiger partial charge on any atom is 0.311 e. The Balaban J connectivity index is 2.09. The van der Waals surface area contributed by atoms with Gasteiger partial charge in [-0.05, 0) is 50.5 Å². The number of benzene rings is 1. The molecule has 0 aliphatic heterocycles. The maximum atomic E-state index is 11.2. The number of carboxylic acid groups (broad SMARTS) is 1. The summed E-state index contributed by atoms with van der Waals surface area (Å²) in [7, 11) is 1.94. The van der Waals surface area contributed by atoms with Gasteiger partial charge in [-0.15, -0.1) is 0 Å². The summed E-state index contributed by atoms with van der Waals surface area (Å²) in [4.78, 5) is 13.2. The number of hydrogen-bond acceptors (Lipinski definition) is 3. The lowest BCUT2D eigenvalue weighted by atomic mass is 10.1. The Morgan fingerprint density at radius 2 is 2.16 bits per heavy atom. The molecule has 0 radical (unpaired) electrons. The molecule has 0 heterocycles. The molecule has 0 atom stereocenters. The first-order valence-corrected chi connectivity index (χ1v) is 6.66. The van der Waals surface area contributed by atoms with Crippen LogP contribution in [-0.2, 0) is 4.79 Å². The molecule has 19 heavy (non-hydrogen) atoms. The molecule has 0 amide bonds. The minimum atomic E-state index is -0.679. The number of rotatable bonds is 6. The molecule has 4 heteroatoms. The number of anilines is 1. The van der Waals surface area contributed by atoms with Crippen LogP contribution in [0.25, 0.3) is 0 Å². The van der Waals surface area contributed by atoms with Crippen molar-refractivity contribution < 1.29 is 14.6 Å². The van der Waals surface area contributed by atoms with E-state index in [4.69, 9.17) is 4.74 Å². The van der Waals surface area contributed by atoms with Crippen molar-refractivity contribution in [2.24, 2.45) is 5.41 Å². The Labute approximate surface area is 114 Å². The molecule has 1 fully saturated rings. The minimum absolute atomic E-state index is 0.527. The smallest absolute Gasteiger partial charge is 0.311 e. The van der Waals surface area contributed by atoms with Crippen molar-refractivity contribution in [1.82, 2.24) is 0 Å². The van der Waals surface area contributed by atoms with Gasteiger partial charge in [0.25, 0.3) is 0 Å². The van der Waals surface area contributed by atoms with Crippen molar-refractivity contribution in [3.63, 3.8) is 0 Å². The standard InChI is InChI=1S/C15H21NO3/c1-4-19-13-6-5-12(9-11(13)2)16(3)10-15(7-8-15)14(17)18/h5-6,9H,4,7-8,10H2,1-3H3,(H,17,18). The lowest BCUT2D eigenvalue weighted by Gasteiger charge is -2.24. The molecule has 2 rings (SSSR count). The van der Waals surface area contributed by atoms with E-state index in [1.807, 2.05) is 44.0 Å². The topological polar surface area (TPSA) is 49.8 Å². The van der Waals surface area contributed by atoms with E-state index in [9.17, 15) is 9.90 Å². The van der Waals surface area contributed by atoms with Crippen molar-refractivity contribution in [2.45, 2.75) is 26.7 Å². The quantitative estimate of drug-likeness (QED) is 0.857. The van der Waals surface area contributed by atoms with Crippen LogP contribution in [0, 0.1) is 12.3 Å². The lowest BCUT2D eigenvalue weighted by molar-refractivity contribution is -0.142. The molecule has 0 saturated heterocycles. The average Bonchev–Trinajstić information content (AvgIpc) is 3.13. The van der Waals surface area contributed by atoms with E-state index in [-0.39, 0.29) is 0 Å². The van der Waals surface area contributed by atoms with E-state index in [1.165, 1.54) is 0 Å². The summed E-state index contributed by atoms with van der Waals surface area (Å²) in [5.74, 6) is 0.209. The Morgan fingerprint density at radius 3 is 2.63 bits per heavy atom. The molecule has 104 valence electrons. The molecule has 1 aromatic rings. The van der Waals surface area contributed by atoms with E-state index < -0.39 is 11.4 Å². The van der Waals surface area contributed by atoms with Crippen LogP contribution in [0.3, 0.4) is 0 Å². The van der Waals surface area contributed by atoms with Gasteiger partial charge in [-0.1, -0.05) is 0 Å². The molecule has 4 nitrogen and oxygen atoms in total. The van der Waals surface area contributed by atoms with E-state index >= 15 is 0 Å². The van der Waals surface area contributed by atoms with Crippen molar-refractivity contribution >= 4 is 11.7 Å². The van der Waals surface area contributed by atoms with Gasteiger partial charge in [0.15, 0.2) is 0 Å². The largest absolute Gasteiger partial charge is 0.494 e. The highest BCUT2D eigenvalue weighted by atomic mass is 16.5. The van der Waals surface area contributed by atoms with Gasteiger partial charge in [0.2, 0.25) is 0 Å². The molecule has 1 aliphatic rings. The van der Waals surface area contributed by atoms with Crippen LogP contribution in [0.1, 0.15) is 25.3 Å². The number of ether oxygens (including phenoxy) is 1. The number of aliphatic carboxylic acids is 1. The molecule has 1 aromatic carbocycles. The second-order valence-electron chi connectivity index (χ2n) is 5.32. The van der Waals surface area contributed by atoms with E-state index in [0.29, 0.717) is 13.2 Å². The first-order valence-electron chi connectivity index (χ1n) is 6.66. The van der Waals surface area contributed by atoms with Crippen LogP contribution in [0.15, 0.2) is 18.2 Å². The zero-order valence-electron chi connectivity index (χ0n) is 11.8. The van der Waals surface area contributed by atoms with Crippen molar-refractivity contribution in [3.8, 4) is 5.75 Å². The first-order chi connectivity index (χ1) is 8.98. The molecule has 1 saturated carbocycles. The second-order valence-corrected chi connectivity index (χ2v) is 5.32. The summed E-state index contributed by atoms with van der Waals surface area (Å²) in [6.45, 7) is 5.18. The fourth-order valence-corrected chi connectivity index (χ4v) is 2.32. The summed E-state index contributed by atoms with van der Waals surface area (Å²) in [6, 6.07) is 5.98. The number of carboxylic acids is 1. The van der Waals surface area contributed by atoms with Gasteiger partial charge in [-0.2, -0.15) is 0 Å². The summed E-state index contributed by atoms with van der Waals surface area (Å²) >= 11 is 0. The van der Waals surface area contributed by atoms with E-state index in [1.54, 1.807) is 0 Å². The lowest BCUT2D eigenvalue weighted by Crippen LogP contribution is -2.31. The van der Waals surface area contributed by atoms with Gasteiger partial charge in [-0.25, -0.2) is 0 Å². The summed E-state index contributed by atoms with van der Waals surface area (Å²) in [5, 5.41) is 9.22. The average molecular weight is 263 g/mol. The SMILES string of the molecule is CCOc1ccc(N(C)CC2(C(=O)O)CC2)cc1C. The Morgan fingerprint density at radius 1 is 1.47 bits per heavy atom. The minimum Gasteiger partial charge on any atom is -0.494 e. The molecular weight excluding hydrogens is 242 g/mol. The van der Waals surface area contributed by atoms with Gasteiger partial charge in [0.1, 0.15) is 5.75 Å². The third kappa shape index (κ3) is 2.83. The molecule has 0 bridgehead atoms. The first kappa shape index (κ1) is 13.7. The third-order valence-electron chi connectivity index (χ3n) is 3.75. The van der Waals surface area contributed by atoms with Crippen LogP contribution >= 0.6 is 0 Å². The highest BCUT2D eigenvalue weighted by molar-refractivity contribution is 5.78. The fourth-order valence-electron chi connectivity index (χ4n) is 2.32. The van der Waals surface area contributed by atoms with Crippen LogP contribution < -0.4 is 9.64 Å². The van der Waals surface area contributed by atoms with Crippen LogP contribution in [-0.4, -0.2) is 31.3 Å². The van der Waals surface area contributed by atoms with Gasteiger partial charge in [0.05, 0.1) is 12.0 Å². The van der Waals surface area contributed by atoms with Crippen LogP contribution in [0.5, 0.6) is 5.75 Å². The predicted octanol–water partition coefficient (Wildman–Crippen LogP) is 2.69. The molecule has 1 aliphatic carbocycles. The third-order valence-corrected chi connectivity index (χ3v) is 3.75. The van der Waals surface area contributed by atoms with Crippen LogP contribution in [0.4, 0.5) is 5.69 Å². The number of nitrogens with zero attached hydrogens (tertiary/aromatic N) is 1. The molecule has 0 spiro atoms. The number of aryl methyl sites for hydroxylation is 1. The maximum absolute atomic E-state index is 11.2. The molecule has 0 aromatic heterocycles. The van der Waals surface area contributed by atoms with Gasteiger partial charge in [0, 0.05) is 19.3 Å². The summed E-state index contributed by atoms with van der Waals surface area (Å²) < 4.78 is 5.51. The van der Waals surface area contributed by atoms with Crippen molar-refractivity contribution in [3.05, 3.63) is 23.8 Å². The van der Waals surface area contributed by atoms with E-state index in [2.05, 4.69) is 0 Å². The zero-order chi connectivity index (χ0) is 14.0. The Bertz CT molecular complexity index is 480.